The summed E-state index contributed by atoms with van der Waals surface area (Å²) in [6.45, 7) is 4.14. The molecule has 3 aromatic rings. The van der Waals surface area contributed by atoms with Gasteiger partial charge in [-0.05, 0) is 82.1 Å². The zero-order valence-corrected chi connectivity index (χ0v) is 32.4. The molecule has 11 nitrogen and oxygen atoms in total. The van der Waals surface area contributed by atoms with Crippen LogP contribution in [0.3, 0.4) is 0 Å². The summed E-state index contributed by atoms with van der Waals surface area (Å²) >= 11 is 13.6. The van der Waals surface area contributed by atoms with Crippen LogP contribution in [0.25, 0.3) is 10.9 Å². The molecule has 1 unspecified atom stereocenters. The van der Waals surface area contributed by atoms with Crippen molar-refractivity contribution in [2.45, 2.75) is 81.9 Å². The first-order valence-electron chi connectivity index (χ1n) is 18.2. The topological polar surface area (TPSA) is 127 Å². The molecule has 1 aromatic heterocycles. The third kappa shape index (κ3) is 8.07. The summed E-state index contributed by atoms with van der Waals surface area (Å²) in [6.07, 6.45) is 7.56. The molecule has 14 heteroatoms. The maximum atomic E-state index is 15.0. The molecule has 52 heavy (non-hydrogen) atoms. The molecule has 1 amide bonds. The fourth-order valence-corrected chi connectivity index (χ4v) is 9.63. The minimum atomic E-state index is -3.25. The molecule has 2 saturated heterocycles. The lowest BCUT2D eigenvalue weighted by Crippen LogP contribution is -2.69. The van der Waals surface area contributed by atoms with E-state index in [2.05, 4.69) is 10.2 Å². The van der Waals surface area contributed by atoms with Gasteiger partial charge in [-0.1, -0.05) is 41.4 Å². The molecule has 282 valence electrons. The van der Waals surface area contributed by atoms with Gasteiger partial charge in [0.2, 0.25) is 5.85 Å². The normalized spacial score (nSPS) is 21.9. The molecule has 2 aromatic carbocycles. The Kier molecular flexibility index (Phi) is 12.0. The molecule has 0 bridgehead atoms. The van der Waals surface area contributed by atoms with Crippen LogP contribution < -0.4 is 5.32 Å². The van der Waals surface area contributed by atoms with Crippen molar-refractivity contribution in [1.29, 1.82) is 0 Å². The van der Waals surface area contributed by atoms with E-state index < -0.39 is 20.9 Å². The average molecular weight is 776 g/mol. The zero-order chi connectivity index (χ0) is 37.2. The van der Waals surface area contributed by atoms with Gasteiger partial charge >= 0.3 is 5.97 Å². The Morgan fingerprint density at radius 3 is 2.23 bits per heavy atom. The van der Waals surface area contributed by atoms with Gasteiger partial charge in [-0.3, -0.25) is 24.2 Å². The van der Waals surface area contributed by atoms with E-state index in [0.717, 1.165) is 23.7 Å². The Balaban J connectivity index is 1.28. The van der Waals surface area contributed by atoms with E-state index >= 15 is 0 Å². The lowest BCUT2D eigenvalue weighted by Gasteiger charge is -2.51. The number of para-hydroxylation sites is 1. The number of amides is 1. The summed E-state index contributed by atoms with van der Waals surface area (Å²) in [7, 11) is -1.37. The minimum Gasteiger partial charge on any atom is -0.466 e. The number of piperidine rings is 1. The number of rotatable bonds is 12. The number of esters is 1. The van der Waals surface area contributed by atoms with Gasteiger partial charge in [0.1, 0.15) is 9.84 Å². The van der Waals surface area contributed by atoms with Crippen LogP contribution >= 0.6 is 23.2 Å². The molecule has 3 heterocycles. The number of carbonyl (C=O) groups is 3. The Hall–Kier alpha value is -3.00. The Labute approximate surface area is 315 Å². The summed E-state index contributed by atoms with van der Waals surface area (Å²) in [5, 5.41) is 3.72. The van der Waals surface area contributed by atoms with Gasteiger partial charge in [0.25, 0.3) is 5.91 Å². The van der Waals surface area contributed by atoms with Crippen LogP contribution in [-0.2, 0) is 42.4 Å². The number of anilines is 1. The first-order valence-corrected chi connectivity index (χ1v) is 20.9. The van der Waals surface area contributed by atoms with E-state index in [1.54, 1.807) is 25.3 Å². The minimum absolute atomic E-state index is 0.100. The first kappa shape index (κ1) is 38.7. The fourth-order valence-electron chi connectivity index (χ4n) is 8.10. The summed E-state index contributed by atoms with van der Waals surface area (Å²) in [5.74, 6) is -2.42. The van der Waals surface area contributed by atoms with Crippen molar-refractivity contribution < 1.29 is 32.3 Å². The van der Waals surface area contributed by atoms with Crippen LogP contribution in [0.5, 0.6) is 0 Å². The second-order valence-corrected chi connectivity index (χ2v) is 17.5. The van der Waals surface area contributed by atoms with Gasteiger partial charge < -0.3 is 19.4 Å². The zero-order valence-electron chi connectivity index (χ0n) is 30.0. The number of aryl methyl sites for hydroxylation is 1. The third-order valence-corrected chi connectivity index (χ3v) is 13.2. The van der Waals surface area contributed by atoms with Crippen molar-refractivity contribution >= 4 is 67.3 Å². The Bertz CT molecular complexity index is 1910. The number of aromatic nitrogens is 1. The fraction of sp³-hybridized carbons (Fsp3) is 0.553. The molecule has 3 aliphatic rings. The summed E-state index contributed by atoms with van der Waals surface area (Å²) in [5.41, 5.74) is 2.23. The highest BCUT2D eigenvalue weighted by molar-refractivity contribution is 7.91. The molecule has 2 aliphatic heterocycles. The molecular formula is C38H48Cl2N4O7S. The van der Waals surface area contributed by atoms with Crippen molar-refractivity contribution in [3.8, 4) is 0 Å². The number of halogens is 2. The van der Waals surface area contributed by atoms with E-state index in [-0.39, 0.29) is 46.1 Å². The number of ketones is 1. The van der Waals surface area contributed by atoms with Crippen molar-refractivity contribution in [1.82, 2.24) is 14.4 Å². The van der Waals surface area contributed by atoms with E-state index in [0.29, 0.717) is 88.1 Å². The summed E-state index contributed by atoms with van der Waals surface area (Å²) in [6, 6.07) is 10.8. The number of nitrogens with one attached hydrogen (secondary N) is 1. The number of nitrogens with zero attached hydrogens (tertiary/aromatic N) is 3. The number of carbonyl (C=O) groups excluding carboxylic acids is 3. The highest BCUT2D eigenvalue weighted by Crippen LogP contribution is 2.39. The molecular weight excluding hydrogens is 727 g/mol. The van der Waals surface area contributed by atoms with Gasteiger partial charge in [-0.15, -0.1) is 0 Å². The number of ether oxygens (including phenoxy) is 2. The number of hydrogen-bond acceptors (Lipinski definition) is 9. The standard InChI is InChI=1S/C38H48Cl2N4O7S/c1-4-50-37(47)25-11-13-27(14-12-25)51-38(43-17-7-8-18-43,44-19-15-28(16-20-44)52(3,48)49)35(45)22-26-21-32(40)33(23-31(26)39)41-36(46)30-24-42(2)34-10-6-5-9-29(30)34/h5-6,9-10,21,23-25,27-28H,4,7-8,11-20,22H2,1-3H3,(H,41,46). The van der Waals surface area contributed by atoms with Gasteiger partial charge in [-0.25, -0.2) is 8.42 Å². The molecule has 1 atom stereocenters. The van der Waals surface area contributed by atoms with Gasteiger partial charge in [0.05, 0.1) is 40.2 Å². The summed E-state index contributed by atoms with van der Waals surface area (Å²) < 4.78 is 39.2. The molecule has 1 N–H and O–H groups in total. The second-order valence-electron chi connectivity index (χ2n) is 14.3. The molecule has 3 fully saturated rings. The largest absolute Gasteiger partial charge is 0.466 e. The van der Waals surface area contributed by atoms with Crippen LogP contribution in [-0.4, -0.2) is 96.7 Å². The lowest BCUT2D eigenvalue weighted by molar-refractivity contribution is -0.258. The highest BCUT2D eigenvalue weighted by Gasteiger charge is 2.53. The number of benzene rings is 2. The predicted octanol–water partition coefficient (Wildman–Crippen LogP) is 6.25. The van der Waals surface area contributed by atoms with E-state index in [1.807, 2.05) is 40.8 Å². The smallest absolute Gasteiger partial charge is 0.308 e. The third-order valence-electron chi connectivity index (χ3n) is 10.9. The second kappa shape index (κ2) is 16.2. The predicted molar refractivity (Wildman–Crippen MR) is 202 cm³/mol. The number of likely N-dealkylation sites (tertiary alicyclic amines) is 2. The van der Waals surface area contributed by atoms with Gasteiger partial charge in [0, 0.05) is 68.0 Å². The maximum Gasteiger partial charge on any atom is 0.308 e. The average Bonchev–Trinajstić information content (AvgIpc) is 3.78. The van der Waals surface area contributed by atoms with Crippen LogP contribution in [0.2, 0.25) is 10.0 Å². The first-order chi connectivity index (χ1) is 24.8. The number of Topliss-reactive ketones (excluding diaryl/α,β-unsaturated/α-hetero) is 1. The van der Waals surface area contributed by atoms with E-state index in [4.69, 9.17) is 32.7 Å². The van der Waals surface area contributed by atoms with Gasteiger partial charge in [0.15, 0.2) is 5.78 Å². The summed E-state index contributed by atoms with van der Waals surface area (Å²) in [4.78, 5) is 45.0. The molecule has 0 radical (unpaired) electrons. The van der Waals surface area contributed by atoms with Crippen LogP contribution in [0.1, 0.15) is 74.2 Å². The highest BCUT2D eigenvalue weighted by atomic mass is 35.5. The number of hydrogen-bond donors (Lipinski definition) is 1. The van der Waals surface area contributed by atoms with E-state index in [1.165, 1.54) is 6.26 Å². The van der Waals surface area contributed by atoms with Crippen molar-refractivity contribution in [3.63, 3.8) is 0 Å². The Morgan fingerprint density at radius 1 is 0.923 bits per heavy atom. The van der Waals surface area contributed by atoms with Crippen molar-refractivity contribution in [2.24, 2.45) is 13.0 Å². The van der Waals surface area contributed by atoms with Crippen LogP contribution in [0.4, 0.5) is 5.69 Å². The quantitative estimate of drug-likeness (QED) is 0.213. The SMILES string of the molecule is CCOC(=O)C1CCC(OC(C(=O)Cc2cc(Cl)c(NC(=O)c3cn(C)c4ccccc34)cc2Cl)(N2CCCC2)N2CCC(S(C)(=O)=O)CC2)CC1. The Morgan fingerprint density at radius 2 is 1.58 bits per heavy atom. The maximum absolute atomic E-state index is 15.0. The van der Waals surface area contributed by atoms with Crippen molar-refractivity contribution in [3.05, 3.63) is 63.8 Å². The van der Waals surface area contributed by atoms with Crippen molar-refractivity contribution in [2.75, 3.05) is 44.4 Å². The number of sulfone groups is 1. The lowest BCUT2D eigenvalue weighted by atomic mass is 9.87. The molecule has 6 rings (SSSR count). The van der Waals surface area contributed by atoms with Gasteiger partial charge in [-0.2, -0.15) is 0 Å². The molecule has 0 spiro atoms. The van der Waals surface area contributed by atoms with E-state index in [9.17, 15) is 22.8 Å². The monoisotopic (exact) mass is 774 g/mol. The molecule has 1 saturated carbocycles. The van der Waals surface area contributed by atoms with Crippen LogP contribution in [0.15, 0.2) is 42.6 Å². The number of fused-ring (bicyclic) bond motifs is 1. The van der Waals surface area contributed by atoms with Crippen LogP contribution in [0, 0.1) is 5.92 Å². The molecule has 1 aliphatic carbocycles.